The number of benzene rings is 2. The molecule has 2 heteroatoms. The highest BCUT2D eigenvalue weighted by Gasteiger charge is 2.21. The molecular formula is C17H17NS. The number of nitrogens with zero attached hydrogens (tertiary/aromatic N) is 1. The quantitative estimate of drug-likeness (QED) is 0.791. The predicted molar refractivity (Wildman–Crippen MR) is 83.1 cm³/mol. The molecule has 0 aliphatic carbocycles. The van der Waals surface area contributed by atoms with Crippen molar-refractivity contribution in [3.63, 3.8) is 0 Å². The van der Waals surface area contributed by atoms with Crippen molar-refractivity contribution >= 4 is 17.5 Å². The van der Waals surface area contributed by atoms with Crippen molar-refractivity contribution in [2.75, 3.05) is 14.1 Å². The van der Waals surface area contributed by atoms with Crippen LogP contribution < -0.4 is 0 Å². The molecule has 0 fully saturated rings. The molecule has 1 heterocycles. The van der Waals surface area contributed by atoms with Gasteiger partial charge < -0.3 is 4.90 Å². The summed E-state index contributed by atoms with van der Waals surface area (Å²) in [7, 11) is 4.22. The van der Waals surface area contributed by atoms with E-state index in [2.05, 4.69) is 79.7 Å². The van der Waals surface area contributed by atoms with E-state index >= 15 is 0 Å². The zero-order valence-electron chi connectivity index (χ0n) is 11.2. The topological polar surface area (TPSA) is 3.24 Å². The van der Waals surface area contributed by atoms with Gasteiger partial charge in [-0.2, -0.15) is 0 Å². The summed E-state index contributed by atoms with van der Waals surface area (Å²) in [5.74, 6) is 0. The van der Waals surface area contributed by atoms with E-state index in [-0.39, 0.29) is 0 Å². The molecule has 1 nitrogen and oxygen atoms in total. The summed E-state index contributed by atoms with van der Waals surface area (Å²) in [6.07, 6.45) is 2.36. The van der Waals surface area contributed by atoms with Crippen molar-refractivity contribution in [1.29, 1.82) is 0 Å². The zero-order valence-corrected chi connectivity index (χ0v) is 12.0. The normalized spacial score (nSPS) is 17.6. The van der Waals surface area contributed by atoms with Crippen molar-refractivity contribution in [3.8, 4) is 0 Å². The summed E-state index contributed by atoms with van der Waals surface area (Å²) in [5, 5.41) is 0.397. The van der Waals surface area contributed by atoms with E-state index in [0.29, 0.717) is 5.25 Å². The Morgan fingerprint density at radius 3 is 2.32 bits per heavy atom. The van der Waals surface area contributed by atoms with Crippen LogP contribution in [0.1, 0.15) is 16.4 Å². The molecular weight excluding hydrogens is 250 g/mol. The van der Waals surface area contributed by atoms with Crippen LogP contribution in [0.2, 0.25) is 0 Å². The average molecular weight is 267 g/mol. The van der Waals surface area contributed by atoms with Crippen LogP contribution in [0.3, 0.4) is 0 Å². The molecule has 0 N–H and O–H groups in total. The van der Waals surface area contributed by atoms with Crippen molar-refractivity contribution in [2.45, 2.75) is 10.1 Å². The first-order valence-electron chi connectivity index (χ1n) is 6.46. The minimum absolute atomic E-state index is 0.397. The van der Waals surface area contributed by atoms with Gasteiger partial charge >= 0.3 is 0 Å². The molecule has 1 unspecified atom stereocenters. The highest BCUT2D eigenvalue weighted by atomic mass is 32.2. The van der Waals surface area contributed by atoms with E-state index < -0.39 is 0 Å². The molecule has 96 valence electrons. The molecule has 1 atom stereocenters. The van der Waals surface area contributed by atoms with Crippen molar-refractivity contribution in [2.24, 2.45) is 0 Å². The Kier molecular flexibility index (Phi) is 3.34. The lowest BCUT2D eigenvalue weighted by atomic mass is 10.1. The molecule has 0 amide bonds. The lowest BCUT2D eigenvalue weighted by Gasteiger charge is -2.28. The second kappa shape index (κ2) is 5.14. The minimum Gasteiger partial charge on any atom is -0.377 e. The lowest BCUT2D eigenvalue weighted by molar-refractivity contribution is 0.587. The number of rotatable bonds is 2. The monoisotopic (exact) mass is 267 g/mol. The second-order valence-corrected chi connectivity index (χ2v) is 6.08. The van der Waals surface area contributed by atoms with Crippen LogP contribution in [0.4, 0.5) is 0 Å². The Bertz CT molecular complexity index is 602. The highest BCUT2D eigenvalue weighted by Crippen LogP contribution is 2.45. The zero-order chi connectivity index (χ0) is 13.2. The van der Waals surface area contributed by atoms with Gasteiger partial charge in [-0.05, 0) is 17.7 Å². The van der Waals surface area contributed by atoms with E-state index in [9.17, 15) is 0 Å². The van der Waals surface area contributed by atoms with Crippen molar-refractivity contribution < 1.29 is 0 Å². The Labute approximate surface area is 119 Å². The maximum atomic E-state index is 2.36. The van der Waals surface area contributed by atoms with E-state index in [1.807, 2.05) is 11.8 Å². The van der Waals surface area contributed by atoms with E-state index in [1.165, 1.54) is 21.7 Å². The molecule has 19 heavy (non-hydrogen) atoms. The predicted octanol–water partition coefficient (Wildman–Crippen LogP) is 4.44. The third kappa shape index (κ3) is 2.41. The molecule has 0 saturated carbocycles. The van der Waals surface area contributed by atoms with Crippen LogP contribution in [-0.2, 0) is 0 Å². The summed E-state index contributed by atoms with van der Waals surface area (Å²) in [4.78, 5) is 3.57. The van der Waals surface area contributed by atoms with Crippen LogP contribution in [0, 0.1) is 0 Å². The fourth-order valence-electron chi connectivity index (χ4n) is 2.38. The fraction of sp³-hybridized carbons (Fsp3) is 0.176. The molecule has 2 aromatic rings. The summed E-state index contributed by atoms with van der Waals surface area (Å²) in [5.41, 5.74) is 4.01. The van der Waals surface area contributed by atoms with Crippen LogP contribution in [0.15, 0.2) is 65.6 Å². The van der Waals surface area contributed by atoms with Gasteiger partial charge in [0.15, 0.2) is 0 Å². The first-order chi connectivity index (χ1) is 9.25. The molecule has 0 aromatic heterocycles. The molecule has 2 aromatic carbocycles. The van der Waals surface area contributed by atoms with Crippen molar-refractivity contribution in [3.05, 3.63) is 71.8 Å². The molecule has 3 rings (SSSR count). The molecule has 1 aliphatic heterocycles. The van der Waals surface area contributed by atoms with Gasteiger partial charge in [-0.15, -0.1) is 11.8 Å². The Hall–Kier alpha value is -1.67. The van der Waals surface area contributed by atoms with E-state index in [1.54, 1.807) is 0 Å². The summed E-state index contributed by atoms with van der Waals surface area (Å²) in [6, 6.07) is 19.3. The second-order valence-electron chi connectivity index (χ2n) is 4.89. The Morgan fingerprint density at radius 1 is 0.895 bits per heavy atom. The first kappa shape index (κ1) is 12.4. The maximum absolute atomic E-state index is 2.36. The van der Waals surface area contributed by atoms with Gasteiger partial charge in [-0.3, -0.25) is 0 Å². The van der Waals surface area contributed by atoms with E-state index in [0.717, 1.165) is 0 Å². The van der Waals surface area contributed by atoms with Gasteiger partial charge in [0.1, 0.15) is 0 Å². The van der Waals surface area contributed by atoms with Gasteiger partial charge in [0, 0.05) is 30.3 Å². The van der Waals surface area contributed by atoms with Gasteiger partial charge in [0.05, 0.1) is 5.25 Å². The number of thioether (sulfide) groups is 1. The summed E-state index contributed by atoms with van der Waals surface area (Å²) in [6.45, 7) is 0. The standard InChI is InChI=1S/C17H17NS/c1-18(2)15-12-17(13-8-4-3-5-9-13)19-16-11-7-6-10-14(15)16/h3-12,17H,1-2H3. The third-order valence-electron chi connectivity index (χ3n) is 3.34. The molecule has 1 aliphatic rings. The minimum atomic E-state index is 0.397. The highest BCUT2D eigenvalue weighted by molar-refractivity contribution is 7.99. The molecule has 0 bridgehead atoms. The number of fused-ring (bicyclic) bond motifs is 1. The van der Waals surface area contributed by atoms with Crippen LogP contribution in [0.25, 0.3) is 5.70 Å². The molecule has 0 saturated heterocycles. The number of hydrogen-bond acceptors (Lipinski definition) is 2. The largest absolute Gasteiger partial charge is 0.377 e. The third-order valence-corrected chi connectivity index (χ3v) is 4.61. The number of hydrogen-bond donors (Lipinski definition) is 0. The summed E-state index contributed by atoms with van der Waals surface area (Å²) < 4.78 is 0. The van der Waals surface area contributed by atoms with Gasteiger partial charge in [-0.25, -0.2) is 0 Å². The Balaban J connectivity index is 2.06. The van der Waals surface area contributed by atoms with Gasteiger partial charge in [0.2, 0.25) is 0 Å². The lowest BCUT2D eigenvalue weighted by Crippen LogP contribution is -2.14. The average Bonchev–Trinajstić information content (AvgIpc) is 2.47. The van der Waals surface area contributed by atoms with Gasteiger partial charge in [-0.1, -0.05) is 48.5 Å². The van der Waals surface area contributed by atoms with Gasteiger partial charge in [0.25, 0.3) is 0 Å². The molecule has 0 spiro atoms. The van der Waals surface area contributed by atoms with Crippen LogP contribution in [0.5, 0.6) is 0 Å². The Morgan fingerprint density at radius 2 is 1.58 bits per heavy atom. The molecule has 0 radical (unpaired) electrons. The van der Waals surface area contributed by atoms with Crippen LogP contribution >= 0.6 is 11.8 Å². The maximum Gasteiger partial charge on any atom is 0.0547 e. The van der Waals surface area contributed by atoms with Crippen LogP contribution in [-0.4, -0.2) is 19.0 Å². The van der Waals surface area contributed by atoms with E-state index in [4.69, 9.17) is 0 Å². The summed E-state index contributed by atoms with van der Waals surface area (Å²) >= 11 is 1.93. The SMILES string of the molecule is CN(C)C1=CC(c2ccccc2)Sc2ccccc21. The smallest absolute Gasteiger partial charge is 0.0547 e. The fourth-order valence-corrected chi connectivity index (χ4v) is 3.60. The van der Waals surface area contributed by atoms with Crippen molar-refractivity contribution in [1.82, 2.24) is 4.90 Å². The first-order valence-corrected chi connectivity index (χ1v) is 7.34.